The van der Waals surface area contributed by atoms with Crippen molar-refractivity contribution in [2.45, 2.75) is 31.4 Å². The zero-order valence-electron chi connectivity index (χ0n) is 11.7. The van der Waals surface area contributed by atoms with Crippen molar-refractivity contribution in [2.75, 3.05) is 13.1 Å². The van der Waals surface area contributed by atoms with E-state index >= 15 is 0 Å². The van der Waals surface area contributed by atoms with E-state index < -0.39 is 5.54 Å². The van der Waals surface area contributed by atoms with Gasteiger partial charge in [0.2, 0.25) is 0 Å². The highest BCUT2D eigenvalue weighted by Crippen LogP contribution is 2.39. The Bertz CT molecular complexity index is 477. The van der Waals surface area contributed by atoms with E-state index in [9.17, 15) is 4.79 Å². The summed E-state index contributed by atoms with van der Waals surface area (Å²) < 4.78 is 5.49. The molecule has 0 amide bonds. The van der Waals surface area contributed by atoms with Gasteiger partial charge >= 0.3 is 5.97 Å². The van der Waals surface area contributed by atoms with Crippen molar-refractivity contribution in [3.63, 3.8) is 0 Å². The molecule has 4 heteroatoms. The SMILES string of the molecule is NC1(C(=O)OCc2ccccc2)CCCC2CNCC21. The Kier molecular flexibility index (Phi) is 3.76. The number of ether oxygens (including phenoxy) is 1. The van der Waals surface area contributed by atoms with Gasteiger partial charge in [0.1, 0.15) is 12.1 Å². The van der Waals surface area contributed by atoms with Gasteiger partial charge in [-0.25, -0.2) is 0 Å². The summed E-state index contributed by atoms with van der Waals surface area (Å²) in [4.78, 5) is 12.5. The monoisotopic (exact) mass is 274 g/mol. The van der Waals surface area contributed by atoms with Crippen molar-refractivity contribution in [2.24, 2.45) is 17.6 Å². The number of nitrogens with one attached hydrogen (secondary N) is 1. The fourth-order valence-corrected chi connectivity index (χ4v) is 3.59. The number of nitrogens with two attached hydrogens (primary N) is 1. The minimum absolute atomic E-state index is 0.222. The van der Waals surface area contributed by atoms with Gasteiger partial charge < -0.3 is 15.8 Å². The third kappa shape index (κ3) is 2.45. The van der Waals surface area contributed by atoms with Crippen LogP contribution in [0.25, 0.3) is 0 Å². The molecule has 0 radical (unpaired) electrons. The van der Waals surface area contributed by atoms with Gasteiger partial charge in [-0.1, -0.05) is 36.8 Å². The molecule has 0 aromatic heterocycles. The molecule has 3 atom stereocenters. The largest absolute Gasteiger partial charge is 0.459 e. The van der Waals surface area contributed by atoms with E-state index in [1.165, 1.54) is 6.42 Å². The Morgan fingerprint density at radius 3 is 2.95 bits per heavy atom. The third-order valence-electron chi connectivity index (χ3n) is 4.76. The number of fused-ring (bicyclic) bond motifs is 1. The summed E-state index contributed by atoms with van der Waals surface area (Å²) >= 11 is 0. The predicted octanol–water partition coefficient (Wildman–Crippen LogP) is 1.45. The number of hydrogen-bond acceptors (Lipinski definition) is 4. The maximum absolute atomic E-state index is 12.5. The summed E-state index contributed by atoms with van der Waals surface area (Å²) in [6, 6.07) is 9.75. The maximum atomic E-state index is 12.5. The van der Waals surface area contributed by atoms with Crippen molar-refractivity contribution in [3.8, 4) is 0 Å². The summed E-state index contributed by atoms with van der Waals surface area (Å²) in [6.45, 7) is 2.13. The molecule has 1 heterocycles. The molecule has 0 bridgehead atoms. The third-order valence-corrected chi connectivity index (χ3v) is 4.76. The minimum atomic E-state index is -0.804. The van der Waals surface area contributed by atoms with Crippen molar-refractivity contribution in [1.82, 2.24) is 5.32 Å². The molecular weight excluding hydrogens is 252 g/mol. The zero-order valence-corrected chi connectivity index (χ0v) is 11.7. The molecule has 3 unspecified atom stereocenters. The highest BCUT2D eigenvalue weighted by molar-refractivity contribution is 5.81. The van der Waals surface area contributed by atoms with Crippen LogP contribution in [0.15, 0.2) is 30.3 Å². The summed E-state index contributed by atoms with van der Waals surface area (Å²) in [7, 11) is 0. The van der Waals surface area contributed by atoms with Crippen LogP contribution in [0.2, 0.25) is 0 Å². The maximum Gasteiger partial charge on any atom is 0.326 e. The van der Waals surface area contributed by atoms with Gasteiger partial charge in [0, 0.05) is 12.5 Å². The van der Waals surface area contributed by atoms with Crippen LogP contribution in [-0.4, -0.2) is 24.6 Å². The second kappa shape index (κ2) is 5.54. The van der Waals surface area contributed by atoms with Crippen LogP contribution in [0.1, 0.15) is 24.8 Å². The average Bonchev–Trinajstić information content (AvgIpc) is 2.96. The molecular formula is C16H22N2O2. The second-order valence-electron chi connectivity index (χ2n) is 6.02. The first kappa shape index (κ1) is 13.6. The summed E-state index contributed by atoms with van der Waals surface area (Å²) in [6.07, 6.45) is 2.92. The number of hydrogen-bond donors (Lipinski definition) is 2. The quantitative estimate of drug-likeness (QED) is 0.819. The predicted molar refractivity (Wildman–Crippen MR) is 76.9 cm³/mol. The molecule has 4 nitrogen and oxygen atoms in total. The Labute approximate surface area is 119 Å². The van der Waals surface area contributed by atoms with Crippen LogP contribution in [0.4, 0.5) is 0 Å². The van der Waals surface area contributed by atoms with E-state index in [2.05, 4.69) is 5.32 Å². The normalized spacial score (nSPS) is 32.6. The Hall–Kier alpha value is -1.39. The molecule has 0 spiro atoms. The van der Waals surface area contributed by atoms with Gasteiger partial charge in [0.15, 0.2) is 0 Å². The minimum Gasteiger partial charge on any atom is -0.459 e. The van der Waals surface area contributed by atoms with Gasteiger partial charge in [-0.3, -0.25) is 4.79 Å². The van der Waals surface area contributed by atoms with E-state index in [4.69, 9.17) is 10.5 Å². The molecule has 1 aromatic rings. The van der Waals surface area contributed by atoms with Crippen molar-refractivity contribution >= 4 is 5.97 Å². The standard InChI is InChI=1S/C16H22N2O2/c17-16(8-4-7-13-9-18-10-14(13)16)15(19)20-11-12-5-2-1-3-6-12/h1-3,5-6,13-14,18H,4,7-11,17H2. The number of esters is 1. The first-order valence-electron chi connectivity index (χ1n) is 7.41. The lowest BCUT2D eigenvalue weighted by atomic mass is 9.69. The number of benzene rings is 1. The molecule has 1 saturated heterocycles. The Balaban J connectivity index is 1.66. The molecule has 2 aliphatic rings. The Morgan fingerprint density at radius 2 is 2.15 bits per heavy atom. The lowest BCUT2D eigenvalue weighted by molar-refractivity contribution is -0.156. The fourth-order valence-electron chi connectivity index (χ4n) is 3.59. The van der Waals surface area contributed by atoms with E-state index in [0.717, 1.165) is 31.5 Å². The molecule has 108 valence electrons. The van der Waals surface area contributed by atoms with Gasteiger partial charge in [0.05, 0.1) is 0 Å². The van der Waals surface area contributed by atoms with Crippen molar-refractivity contribution < 1.29 is 9.53 Å². The van der Waals surface area contributed by atoms with E-state index in [0.29, 0.717) is 12.5 Å². The Morgan fingerprint density at radius 1 is 1.35 bits per heavy atom. The molecule has 1 saturated carbocycles. The highest BCUT2D eigenvalue weighted by atomic mass is 16.5. The zero-order chi connectivity index (χ0) is 14.0. The first-order valence-corrected chi connectivity index (χ1v) is 7.41. The molecule has 1 aliphatic carbocycles. The van der Waals surface area contributed by atoms with Crippen LogP contribution in [-0.2, 0) is 16.1 Å². The molecule has 20 heavy (non-hydrogen) atoms. The van der Waals surface area contributed by atoms with E-state index in [-0.39, 0.29) is 11.9 Å². The van der Waals surface area contributed by atoms with Crippen LogP contribution in [0.3, 0.4) is 0 Å². The van der Waals surface area contributed by atoms with Gasteiger partial charge in [0.25, 0.3) is 0 Å². The molecule has 3 N–H and O–H groups in total. The molecule has 1 aromatic carbocycles. The summed E-state index contributed by atoms with van der Waals surface area (Å²) in [5.74, 6) is 0.511. The van der Waals surface area contributed by atoms with Crippen molar-refractivity contribution in [3.05, 3.63) is 35.9 Å². The topological polar surface area (TPSA) is 64.4 Å². The average molecular weight is 274 g/mol. The number of rotatable bonds is 3. The fraction of sp³-hybridized carbons (Fsp3) is 0.562. The first-order chi connectivity index (χ1) is 9.70. The lowest BCUT2D eigenvalue weighted by Crippen LogP contribution is -2.59. The highest BCUT2D eigenvalue weighted by Gasteiger charge is 2.50. The van der Waals surface area contributed by atoms with Gasteiger partial charge in [-0.15, -0.1) is 0 Å². The number of carbonyl (C=O) groups is 1. The smallest absolute Gasteiger partial charge is 0.326 e. The van der Waals surface area contributed by atoms with Crippen LogP contribution >= 0.6 is 0 Å². The summed E-state index contributed by atoms with van der Waals surface area (Å²) in [5, 5.41) is 3.36. The van der Waals surface area contributed by atoms with Crippen LogP contribution < -0.4 is 11.1 Å². The molecule has 2 fully saturated rings. The lowest BCUT2D eigenvalue weighted by Gasteiger charge is -2.40. The molecule has 3 rings (SSSR count). The van der Waals surface area contributed by atoms with Gasteiger partial charge in [-0.2, -0.15) is 0 Å². The van der Waals surface area contributed by atoms with E-state index in [1.54, 1.807) is 0 Å². The molecule has 1 aliphatic heterocycles. The summed E-state index contributed by atoms with van der Waals surface area (Å²) in [5.41, 5.74) is 6.63. The second-order valence-corrected chi connectivity index (χ2v) is 6.02. The van der Waals surface area contributed by atoms with Crippen molar-refractivity contribution in [1.29, 1.82) is 0 Å². The van der Waals surface area contributed by atoms with E-state index in [1.807, 2.05) is 30.3 Å². The van der Waals surface area contributed by atoms with Crippen LogP contribution in [0, 0.1) is 11.8 Å². The van der Waals surface area contributed by atoms with Gasteiger partial charge in [-0.05, 0) is 30.9 Å². The van der Waals surface area contributed by atoms with Crippen LogP contribution in [0.5, 0.6) is 0 Å². The number of carbonyl (C=O) groups excluding carboxylic acids is 1.